The molecule has 7 saturated heterocycles. The van der Waals surface area contributed by atoms with E-state index in [-0.39, 0.29) is 9.79 Å². The van der Waals surface area contributed by atoms with Crippen molar-refractivity contribution in [1.82, 2.24) is 0 Å². The summed E-state index contributed by atoms with van der Waals surface area (Å²) in [5, 5.41) is 211. The summed E-state index contributed by atoms with van der Waals surface area (Å²) in [6, 6.07) is 10.6. The number of hydrogen-bond acceptors (Lipinski definition) is 40. The highest BCUT2D eigenvalue weighted by Crippen LogP contribution is 2.39. The molecule has 7 aliphatic heterocycles. The van der Waals surface area contributed by atoms with Crippen LogP contribution < -0.4 is 0 Å². The van der Waals surface area contributed by atoms with E-state index in [1.54, 1.807) is 13.8 Å². The Hall–Kier alpha value is -3.10. The predicted octanol–water partition coefficient (Wildman–Crippen LogP) is -11.5. The molecule has 7 aliphatic rings. The lowest BCUT2D eigenvalue weighted by Gasteiger charge is -2.50. The Morgan fingerprint density at radius 1 is 0.290 bits per heavy atom. The van der Waals surface area contributed by atoms with E-state index >= 15 is 0 Å². The maximum Gasteiger partial charge on any atom is 0.297 e. The Labute approximate surface area is 570 Å². The first-order valence-electron chi connectivity index (χ1n) is 31.4. The molecule has 35 atom stereocenters. The summed E-state index contributed by atoms with van der Waals surface area (Å²) < 4.78 is 150. The van der Waals surface area contributed by atoms with Gasteiger partial charge in [-0.2, -0.15) is 16.8 Å². The van der Waals surface area contributed by atoms with Gasteiger partial charge in [-0.3, -0.25) is 8.37 Å². The Kier molecular flexibility index (Phi) is 28.1. The van der Waals surface area contributed by atoms with Gasteiger partial charge in [0.1, 0.15) is 171 Å². The van der Waals surface area contributed by atoms with E-state index in [0.717, 1.165) is 14.2 Å². The van der Waals surface area contributed by atoms with Gasteiger partial charge in [0.2, 0.25) is 0 Å². The summed E-state index contributed by atoms with van der Waals surface area (Å²) in [5.41, 5.74) is 1.32. The monoisotopic (exact) mass is 1490 g/mol. The average molecular weight is 1490 g/mol. The largest absolute Gasteiger partial charge is 0.394 e. The van der Waals surface area contributed by atoms with Crippen molar-refractivity contribution in [2.24, 2.45) is 0 Å². The van der Waals surface area contributed by atoms with Crippen LogP contribution in [0.15, 0.2) is 58.3 Å². The zero-order valence-electron chi connectivity index (χ0n) is 53.7. The van der Waals surface area contributed by atoms with Crippen LogP contribution in [-0.2, 0) is 99.7 Å². The molecule has 35 unspecified atom stereocenters. The van der Waals surface area contributed by atoms with Crippen molar-refractivity contribution >= 4 is 20.2 Å². The molecule has 19 N–H and O–H groups in total. The molecule has 572 valence electrons. The SMILES string of the molecule is COC1OC(CO)C(OC2OC(COS(=O)(=O)c3ccc(C)cc3)C(OC3OC(CO)C(OC4OC(CO)C(OC5OC(COS(=O)(=O)c6ccc(C)cc6)C(OC6OC(CO)C(OC7OC(CO)C(OC)C(O)C7O)C(O)C6O)C(O)C5O)C(O)C4O)C(O)C3O)C(O)C2O)C(O)C1O. The number of aliphatic hydroxyl groups is 19. The molecule has 7 fully saturated rings. The first kappa shape index (κ1) is 81.0. The van der Waals surface area contributed by atoms with Gasteiger partial charge in [-0.25, -0.2) is 0 Å². The van der Waals surface area contributed by atoms with Gasteiger partial charge in [-0.05, 0) is 38.1 Å². The summed E-state index contributed by atoms with van der Waals surface area (Å²) in [5.74, 6) is 0. The summed E-state index contributed by atoms with van der Waals surface area (Å²) in [6.45, 7) is -3.85. The molecule has 0 aliphatic carbocycles. The number of methoxy groups -OCH3 is 2. The zero-order chi connectivity index (χ0) is 73.1. The van der Waals surface area contributed by atoms with Gasteiger partial charge in [-0.15, -0.1) is 0 Å². The van der Waals surface area contributed by atoms with Crippen molar-refractivity contribution in [3.05, 3.63) is 59.7 Å². The summed E-state index contributed by atoms with van der Waals surface area (Å²) in [6.07, 6.45) is -69.6. The number of aliphatic hydroxyl groups excluding tert-OH is 19. The molecule has 100 heavy (non-hydrogen) atoms. The van der Waals surface area contributed by atoms with E-state index < -0.39 is 281 Å². The van der Waals surface area contributed by atoms with E-state index in [4.69, 9.17) is 79.4 Å². The summed E-state index contributed by atoms with van der Waals surface area (Å²) in [7, 11) is -7.12. The minimum Gasteiger partial charge on any atom is -0.394 e. The fourth-order valence-electron chi connectivity index (χ4n) is 12.3. The first-order chi connectivity index (χ1) is 47.4. The summed E-state index contributed by atoms with van der Waals surface area (Å²) >= 11 is 0. The minimum atomic E-state index is -4.73. The molecule has 42 heteroatoms. The van der Waals surface area contributed by atoms with E-state index in [2.05, 4.69) is 0 Å². The molecule has 2 aromatic rings. The normalized spacial score (nSPS) is 44.6. The van der Waals surface area contributed by atoms with Crippen LogP contribution in [0.4, 0.5) is 0 Å². The van der Waals surface area contributed by atoms with E-state index in [9.17, 15) is 114 Å². The van der Waals surface area contributed by atoms with Crippen molar-refractivity contribution in [2.45, 2.75) is 239 Å². The highest BCUT2D eigenvalue weighted by molar-refractivity contribution is 7.87. The number of benzene rings is 2. The van der Waals surface area contributed by atoms with Crippen molar-refractivity contribution in [1.29, 1.82) is 0 Å². The van der Waals surface area contributed by atoms with Crippen molar-refractivity contribution in [3.63, 3.8) is 0 Å². The molecule has 0 amide bonds. The van der Waals surface area contributed by atoms with Gasteiger partial charge < -0.3 is 168 Å². The molecule has 9 rings (SSSR count). The second-order valence-corrected chi connectivity index (χ2v) is 28.0. The summed E-state index contributed by atoms with van der Waals surface area (Å²) in [4.78, 5) is -0.732. The maximum absolute atomic E-state index is 13.6. The van der Waals surface area contributed by atoms with Crippen LogP contribution >= 0.6 is 0 Å². The predicted molar refractivity (Wildman–Crippen MR) is 316 cm³/mol. The van der Waals surface area contributed by atoms with Crippen LogP contribution in [0.3, 0.4) is 0 Å². The smallest absolute Gasteiger partial charge is 0.297 e. The van der Waals surface area contributed by atoms with Crippen LogP contribution in [0.2, 0.25) is 0 Å². The topological polar surface area (TPSA) is 610 Å². The molecule has 0 saturated carbocycles. The highest BCUT2D eigenvalue weighted by Gasteiger charge is 2.59. The van der Waals surface area contributed by atoms with Crippen LogP contribution in [0.1, 0.15) is 11.1 Å². The molecule has 0 bridgehead atoms. The van der Waals surface area contributed by atoms with Gasteiger partial charge in [0.05, 0.1) is 56.0 Å². The lowest BCUT2D eigenvalue weighted by Crippen LogP contribution is -2.68. The Bertz CT molecular complexity index is 3080. The number of hydrogen-bond donors (Lipinski definition) is 19. The van der Waals surface area contributed by atoms with Crippen molar-refractivity contribution in [3.8, 4) is 0 Å². The molecular formula is C58H88O40S2. The first-order valence-corrected chi connectivity index (χ1v) is 34.2. The van der Waals surface area contributed by atoms with Crippen LogP contribution in [0.5, 0.6) is 0 Å². The fraction of sp³-hybridized carbons (Fsp3) is 0.793. The molecular weight excluding hydrogens is 1400 g/mol. The van der Waals surface area contributed by atoms with Crippen molar-refractivity contribution in [2.75, 3.05) is 60.5 Å². The Morgan fingerprint density at radius 2 is 0.490 bits per heavy atom. The number of ether oxygens (including phenoxy) is 15. The Balaban J connectivity index is 0.886. The average Bonchev–Trinajstić information content (AvgIpc) is 0.776. The molecule has 40 nitrogen and oxygen atoms in total. The van der Waals surface area contributed by atoms with E-state index in [1.807, 2.05) is 0 Å². The van der Waals surface area contributed by atoms with Gasteiger partial charge in [-0.1, -0.05) is 35.4 Å². The lowest BCUT2D eigenvalue weighted by molar-refractivity contribution is -0.397. The second kappa shape index (κ2) is 34.6. The fourth-order valence-corrected chi connectivity index (χ4v) is 14.1. The third-order valence-electron chi connectivity index (χ3n) is 18.0. The minimum absolute atomic E-state index is 0.350. The molecule has 7 heterocycles. The third-order valence-corrected chi connectivity index (χ3v) is 20.6. The van der Waals surface area contributed by atoms with Crippen LogP contribution in [0, 0.1) is 13.8 Å². The quantitative estimate of drug-likeness (QED) is 0.0369. The molecule has 0 aromatic heterocycles. The van der Waals surface area contributed by atoms with Crippen LogP contribution in [-0.4, -0.2) is 389 Å². The van der Waals surface area contributed by atoms with Gasteiger partial charge in [0, 0.05) is 14.2 Å². The molecule has 0 spiro atoms. The molecule has 0 radical (unpaired) electrons. The second-order valence-electron chi connectivity index (χ2n) is 24.7. The van der Waals surface area contributed by atoms with Gasteiger partial charge in [0.25, 0.3) is 20.2 Å². The standard InChI is InChI=1S/C58H88O40S2/c1-20-5-9-22(10-6-20)99(78,79)84-18-29-50(36(69)43(76)57(91-29)95-46-25(14-60)86-52(83-4)38(71)32(46)65)97-56-42(75)35(68)48(27(16-62)90-56)94-54-40(73)33(66)49(28(17-63)88-54)96-58-44(77)37(70)51(30(92-58)19-85-100(80,81)23-11-7-21(2)8-12-23)98-55-41(74)34(67)47(26(15-61)89-55)93-53-39(72)31(64)45(82-3)24(13-59)87-53/h5-12,24-77H,13-19H2,1-4H3. The zero-order valence-corrected chi connectivity index (χ0v) is 55.3. The highest BCUT2D eigenvalue weighted by atomic mass is 32.2. The third kappa shape index (κ3) is 17.5. The van der Waals surface area contributed by atoms with E-state index in [0.29, 0.717) is 11.1 Å². The van der Waals surface area contributed by atoms with Gasteiger partial charge >= 0.3 is 0 Å². The van der Waals surface area contributed by atoms with Crippen molar-refractivity contribution < 1.29 is 193 Å². The number of rotatable bonds is 27. The number of aryl methyl sites for hydroxylation is 2. The maximum atomic E-state index is 13.6. The van der Waals surface area contributed by atoms with E-state index in [1.165, 1.54) is 48.5 Å². The van der Waals surface area contributed by atoms with Gasteiger partial charge in [0.15, 0.2) is 44.0 Å². The molecule has 2 aromatic carbocycles. The Morgan fingerprint density at radius 3 is 0.720 bits per heavy atom. The van der Waals surface area contributed by atoms with Crippen LogP contribution in [0.25, 0.3) is 0 Å². The lowest BCUT2D eigenvalue weighted by atomic mass is 9.95.